The highest BCUT2D eigenvalue weighted by molar-refractivity contribution is 4.88. The summed E-state index contributed by atoms with van der Waals surface area (Å²) in [5.41, 5.74) is -0.753. The molecule has 0 spiro atoms. The average Bonchev–Trinajstić information content (AvgIpc) is 2.27. The van der Waals surface area contributed by atoms with Gasteiger partial charge in [0.15, 0.2) is 6.29 Å². The standard InChI is InChI=1S/C18H36O5/c1-16(2,3)11-21-14-13(19)12(22-17(4,5)6)10-20-15(14)23-18(7,8)9/h12-15,19H,10-11H2,1-9H3. The minimum atomic E-state index is -0.794. The molecular weight excluding hydrogens is 296 g/mol. The number of rotatable bonds is 4. The van der Waals surface area contributed by atoms with E-state index in [-0.39, 0.29) is 23.2 Å². The summed E-state index contributed by atoms with van der Waals surface area (Å²) in [7, 11) is 0. The van der Waals surface area contributed by atoms with Gasteiger partial charge in [-0.15, -0.1) is 0 Å². The molecule has 0 bridgehead atoms. The van der Waals surface area contributed by atoms with Gasteiger partial charge in [0.2, 0.25) is 0 Å². The molecule has 0 radical (unpaired) electrons. The smallest absolute Gasteiger partial charge is 0.187 e. The molecule has 4 unspecified atom stereocenters. The maximum absolute atomic E-state index is 10.7. The van der Waals surface area contributed by atoms with Gasteiger partial charge >= 0.3 is 0 Å². The Morgan fingerprint density at radius 2 is 1.43 bits per heavy atom. The predicted octanol–water partition coefficient (Wildman–Crippen LogP) is 3.13. The summed E-state index contributed by atoms with van der Waals surface area (Å²) in [5.74, 6) is 0. The van der Waals surface area contributed by atoms with Crippen molar-refractivity contribution in [2.45, 2.75) is 98.1 Å². The van der Waals surface area contributed by atoms with Crippen molar-refractivity contribution in [2.24, 2.45) is 5.41 Å². The number of hydrogen-bond acceptors (Lipinski definition) is 5. The number of hydrogen-bond donors (Lipinski definition) is 1. The highest BCUT2D eigenvalue weighted by Gasteiger charge is 2.44. The molecule has 0 aromatic rings. The van der Waals surface area contributed by atoms with E-state index in [9.17, 15) is 5.11 Å². The molecule has 5 heteroatoms. The lowest BCUT2D eigenvalue weighted by atomic mass is 9.97. The molecule has 138 valence electrons. The Kier molecular flexibility index (Phi) is 6.67. The predicted molar refractivity (Wildman–Crippen MR) is 90.4 cm³/mol. The van der Waals surface area contributed by atoms with Crippen LogP contribution >= 0.6 is 0 Å². The zero-order valence-electron chi connectivity index (χ0n) is 16.3. The second kappa shape index (κ2) is 7.36. The lowest BCUT2D eigenvalue weighted by molar-refractivity contribution is -0.317. The normalized spacial score (nSPS) is 30.5. The fourth-order valence-electron chi connectivity index (χ4n) is 2.29. The van der Waals surface area contributed by atoms with Gasteiger partial charge in [0.25, 0.3) is 0 Å². The molecule has 1 heterocycles. The molecule has 4 atom stereocenters. The van der Waals surface area contributed by atoms with Gasteiger partial charge in [0.1, 0.15) is 18.3 Å². The Labute approximate surface area is 141 Å². The van der Waals surface area contributed by atoms with Gasteiger partial charge in [-0.25, -0.2) is 0 Å². The lowest BCUT2D eigenvalue weighted by Crippen LogP contribution is -2.58. The Balaban J connectivity index is 2.84. The van der Waals surface area contributed by atoms with E-state index in [0.29, 0.717) is 6.61 Å². The average molecular weight is 332 g/mol. The summed E-state index contributed by atoms with van der Waals surface area (Å²) < 4.78 is 23.7. The molecule has 1 aliphatic heterocycles. The minimum Gasteiger partial charge on any atom is -0.387 e. The first kappa shape index (κ1) is 20.8. The first-order chi connectivity index (χ1) is 10.2. The topological polar surface area (TPSA) is 57.2 Å². The van der Waals surface area contributed by atoms with Crippen LogP contribution in [0.25, 0.3) is 0 Å². The van der Waals surface area contributed by atoms with E-state index in [2.05, 4.69) is 20.8 Å². The van der Waals surface area contributed by atoms with Crippen LogP contribution in [0, 0.1) is 5.41 Å². The van der Waals surface area contributed by atoms with Crippen LogP contribution in [0.15, 0.2) is 0 Å². The maximum atomic E-state index is 10.7. The highest BCUT2D eigenvalue weighted by Crippen LogP contribution is 2.29. The molecule has 0 aliphatic carbocycles. The molecule has 0 aromatic carbocycles. The third-order valence-electron chi connectivity index (χ3n) is 3.09. The highest BCUT2D eigenvalue weighted by atomic mass is 16.7. The van der Waals surface area contributed by atoms with E-state index in [0.717, 1.165) is 0 Å². The molecule has 0 amide bonds. The van der Waals surface area contributed by atoms with Gasteiger partial charge in [0.05, 0.1) is 24.4 Å². The Hall–Kier alpha value is -0.200. The maximum Gasteiger partial charge on any atom is 0.187 e. The van der Waals surface area contributed by atoms with Gasteiger partial charge in [-0.2, -0.15) is 0 Å². The summed E-state index contributed by atoms with van der Waals surface area (Å²) >= 11 is 0. The van der Waals surface area contributed by atoms with E-state index in [1.807, 2.05) is 41.5 Å². The molecule has 1 saturated heterocycles. The van der Waals surface area contributed by atoms with Crippen molar-refractivity contribution in [2.75, 3.05) is 13.2 Å². The zero-order valence-corrected chi connectivity index (χ0v) is 16.3. The van der Waals surface area contributed by atoms with Gasteiger partial charge in [-0.1, -0.05) is 20.8 Å². The summed E-state index contributed by atoms with van der Waals surface area (Å²) in [6.07, 6.45) is -2.40. The second-order valence-corrected chi connectivity index (χ2v) is 9.53. The van der Waals surface area contributed by atoms with Gasteiger partial charge in [0, 0.05) is 0 Å². The number of aliphatic hydroxyl groups excluding tert-OH is 1. The van der Waals surface area contributed by atoms with Crippen LogP contribution in [0.5, 0.6) is 0 Å². The second-order valence-electron chi connectivity index (χ2n) is 9.53. The van der Waals surface area contributed by atoms with E-state index in [1.165, 1.54) is 0 Å². The van der Waals surface area contributed by atoms with Crippen LogP contribution in [0.2, 0.25) is 0 Å². The van der Waals surface area contributed by atoms with Crippen molar-refractivity contribution in [1.82, 2.24) is 0 Å². The Morgan fingerprint density at radius 1 is 0.913 bits per heavy atom. The summed E-state index contributed by atoms with van der Waals surface area (Å²) in [6, 6.07) is 0. The van der Waals surface area contributed by atoms with Crippen LogP contribution in [-0.4, -0.2) is 54.1 Å². The molecule has 0 saturated carbocycles. The van der Waals surface area contributed by atoms with E-state index in [1.54, 1.807) is 0 Å². The lowest BCUT2D eigenvalue weighted by Gasteiger charge is -2.44. The van der Waals surface area contributed by atoms with Crippen molar-refractivity contribution >= 4 is 0 Å². The molecule has 1 aliphatic rings. The van der Waals surface area contributed by atoms with Crippen LogP contribution < -0.4 is 0 Å². The minimum absolute atomic E-state index is 0.0101. The van der Waals surface area contributed by atoms with Crippen molar-refractivity contribution < 1.29 is 24.1 Å². The van der Waals surface area contributed by atoms with Gasteiger partial charge < -0.3 is 24.1 Å². The summed E-state index contributed by atoms with van der Waals surface area (Å²) in [5, 5.41) is 10.7. The number of aliphatic hydroxyl groups is 1. The molecule has 1 fully saturated rings. The quantitative estimate of drug-likeness (QED) is 0.857. The van der Waals surface area contributed by atoms with Crippen molar-refractivity contribution in [3.05, 3.63) is 0 Å². The van der Waals surface area contributed by atoms with E-state index >= 15 is 0 Å². The van der Waals surface area contributed by atoms with E-state index in [4.69, 9.17) is 18.9 Å². The Morgan fingerprint density at radius 3 is 1.87 bits per heavy atom. The first-order valence-corrected chi connectivity index (χ1v) is 8.45. The third-order valence-corrected chi connectivity index (χ3v) is 3.09. The van der Waals surface area contributed by atoms with E-state index < -0.39 is 24.6 Å². The fraction of sp³-hybridized carbons (Fsp3) is 1.00. The van der Waals surface area contributed by atoms with Crippen LogP contribution in [0.4, 0.5) is 0 Å². The van der Waals surface area contributed by atoms with Gasteiger partial charge in [-0.05, 0) is 47.0 Å². The van der Waals surface area contributed by atoms with Crippen LogP contribution in [0.1, 0.15) is 62.3 Å². The SMILES string of the molecule is CC(C)(C)COC1C(OC(C)(C)C)OCC(OC(C)(C)C)C1O. The van der Waals surface area contributed by atoms with Gasteiger partial charge in [-0.3, -0.25) is 0 Å². The summed E-state index contributed by atoms with van der Waals surface area (Å²) in [6.45, 7) is 18.8. The summed E-state index contributed by atoms with van der Waals surface area (Å²) in [4.78, 5) is 0. The van der Waals surface area contributed by atoms with Crippen molar-refractivity contribution in [3.63, 3.8) is 0 Å². The number of ether oxygens (including phenoxy) is 4. The van der Waals surface area contributed by atoms with Crippen LogP contribution in [0.3, 0.4) is 0 Å². The molecule has 0 aromatic heterocycles. The Bertz CT molecular complexity index is 361. The van der Waals surface area contributed by atoms with Crippen molar-refractivity contribution in [3.8, 4) is 0 Å². The molecule has 1 rings (SSSR count). The molecular formula is C18H36O5. The third kappa shape index (κ3) is 7.94. The molecule has 5 nitrogen and oxygen atoms in total. The molecule has 23 heavy (non-hydrogen) atoms. The van der Waals surface area contributed by atoms with Crippen LogP contribution in [-0.2, 0) is 18.9 Å². The molecule has 1 N–H and O–H groups in total. The zero-order chi connectivity index (χ0) is 18.1. The monoisotopic (exact) mass is 332 g/mol. The first-order valence-electron chi connectivity index (χ1n) is 8.45. The fourth-order valence-corrected chi connectivity index (χ4v) is 2.29. The largest absolute Gasteiger partial charge is 0.387 e. The van der Waals surface area contributed by atoms with Crippen molar-refractivity contribution in [1.29, 1.82) is 0 Å².